The van der Waals surface area contributed by atoms with Crippen LogP contribution in [0.25, 0.3) is 5.69 Å². The fourth-order valence-corrected chi connectivity index (χ4v) is 2.84. The highest BCUT2D eigenvalue weighted by Gasteiger charge is 2.18. The van der Waals surface area contributed by atoms with Gasteiger partial charge in [0, 0.05) is 5.02 Å². The number of aliphatic imine (C=N–C) groups is 1. The number of H-pyrrole nitrogens is 1. The Bertz CT molecular complexity index is 1130. The van der Waals surface area contributed by atoms with E-state index in [0.717, 1.165) is 4.57 Å². The predicted molar refractivity (Wildman–Crippen MR) is 109 cm³/mol. The zero-order valence-electron chi connectivity index (χ0n) is 15.3. The van der Waals surface area contributed by atoms with Gasteiger partial charge in [0.2, 0.25) is 5.88 Å². The van der Waals surface area contributed by atoms with Crippen LogP contribution in [0.15, 0.2) is 63.1 Å². The number of aromatic amines is 1. The molecule has 0 saturated carbocycles. The van der Waals surface area contributed by atoms with Crippen molar-refractivity contribution in [3.05, 3.63) is 80.0 Å². The molecule has 0 aliphatic carbocycles. The lowest BCUT2D eigenvalue weighted by Gasteiger charge is -2.11. The van der Waals surface area contributed by atoms with Gasteiger partial charge in [0.1, 0.15) is 11.3 Å². The molecular formula is C20H18ClN3O4. The quantitative estimate of drug-likeness (QED) is 0.642. The molecule has 144 valence electrons. The van der Waals surface area contributed by atoms with E-state index in [1.807, 2.05) is 6.92 Å². The Morgan fingerprint density at radius 2 is 1.79 bits per heavy atom. The Hall–Kier alpha value is -3.32. The molecule has 3 rings (SSSR count). The number of hydrogen-bond donors (Lipinski definition) is 2. The van der Waals surface area contributed by atoms with Crippen molar-refractivity contribution in [2.45, 2.75) is 13.8 Å². The molecule has 7 nitrogen and oxygen atoms in total. The van der Waals surface area contributed by atoms with Gasteiger partial charge in [-0.3, -0.25) is 14.8 Å². The number of ether oxygens (including phenoxy) is 1. The van der Waals surface area contributed by atoms with Gasteiger partial charge in [-0.25, -0.2) is 9.36 Å². The van der Waals surface area contributed by atoms with Gasteiger partial charge in [0.25, 0.3) is 5.56 Å². The summed E-state index contributed by atoms with van der Waals surface area (Å²) in [5.74, 6) is 0.208. The zero-order valence-corrected chi connectivity index (χ0v) is 16.0. The number of nitrogens with zero attached hydrogens (tertiary/aromatic N) is 2. The number of nitrogens with one attached hydrogen (secondary N) is 1. The molecule has 2 N–H and O–H groups in total. The molecule has 0 amide bonds. The Kier molecular flexibility index (Phi) is 5.65. The molecule has 28 heavy (non-hydrogen) atoms. The first-order chi connectivity index (χ1) is 13.4. The van der Waals surface area contributed by atoms with Crippen LogP contribution in [-0.2, 0) is 0 Å². The van der Waals surface area contributed by atoms with E-state index in [0.29, 0.717) is 28.8 Å². The largest absolute Gasteiger partial charge is 0.494 e. The first kappa shape index (κ1) is 19.4. The highest BCUT2D eigenvalue weighted by molar-refractivity contribution is 6.30. The lowest BCUT2D eigenvalue weighted by molar-refractivity contribution is 0.340. The van der Waals surface area contributed by atoms with E-state index >= 15 is 0 Å². The van der Waals surface area contributed by atoms with Crippen molar-refractivity contribution in [2.24, 2.45) is 4.99 Å². The van der Waals surface area contributed by atoms with Crippen molar-refractivity contribution in [3.8, 4) is 17.3 Å². The minimum Gasteiger partial charge on any atom is -0.494 e. The van der Waals surface area contributed by atoms with Crippen LogP contribution in [-0.4, -0.2) is 27.0 Å². The summed E-state index contributed by atoms with van der Waals surface area (Å²) in [6.07, 6.45) is 0. The van der Waals surface area contributed by atoms with E-state index in [9.17, 15) is 14.7 Å². The van der Waals surface area contributed by atoms with Gasteiger partial charge in [-0.2, -0.15) is 0 Å². The predicted octanol–water partition coefficient (Wildman–Crippen LogP) is 3.42. The van der Waals surface area contributed by atoms with Crippen LogP contribution in [0.4, 0.5) is 5.69 Å². The van der Waals surface area contributed by atoms with Crippen molar-refractivity contribution in [1.29, 1.82) is 0 Å². The van der Waals surface area contributed by atoms with Gasteiger partial charge in [0.05, 0.1) is 23.7 Å². The topological polar surface area (TPSA) is 96.7 Å². The lowest BCUT2D eigenvalue weighted by atomic mass is 10.2. The molecule has 0 bridgehead atoms. The second-order valence-electron chi connectivity index (χ2n) is 5.89. The summed E-state index contributed by atoms with van der Waals surface area (Å²) in [5.41, 5.74) is -0.390. The first-order valence-corrected chi connectivity index (χ1v) is 8.91. The third-order valence-electron chi connectivity index (χ3n) is 3.98. The normalized spacial score (nSPS) is 11.5. The Morgan fingerprint density at radius 3 is 2.39 bits per heavy atom. The molecule has 0 aliphatic heterocycles. The number of aromatic nitrogens is 2. The van der Waals surface area contributed by atoms with E-state index in [4.69, 9.17) is 16.3 Å². The SMILES string of the molecule is CCOc1ccc(N=C(C)c2c(O)n(-c3ccc(Cl)cc3)c(=O)[nH]c2=O)cc1. The summed E-state index contributed by atoms with van der Waals surface area (Å²) in [7, 11) is 0. The van der Waals surface area contributed by atoms with Crippen molar-refractivity contribution in [3.63, 3.8) is 0 Å². The molecule has 1 aromatic heterocycles. The summed E-state index contributed by atoms with van der Waals surface area (Å²) >= 11 is 5.87. The van der Waals surface area contributed by atoms with E-state index in [1.54, 1.807) is 55.5 Å². The van der Waals surface area contributed by atoms with Crippen LogP contribution in [0.5, 0.6) is 11.6 Å². The minimum atomic E-state index is -0.762. The summed E-state index contributed by atoms with van der Waals surface area (Å²) < 4.78 is 6.37. The van der Waals surface area contributed by atoms with Crippen LogP contribution >= 0.6 is 11.6 Å². The fraction of sp³-hybridized carbons (Fsp3) is 0.150. The maximum Gasteiger partial charge on any atom is 0.335 e. The second-order valence-corrected chi connectivity index (χ2v) is 6.33. The average molecular weight is 400 g/mol. The molecule has 0 spiro atoms. The molecule has 3 aromatic rings. The second kappa shape index (κ2) is 8.14. The summed E-state index contributed by atoms with van der Waals surface area (Å²) in [6, 6.07) is 13.3. The van der Waals surface area contributed by atoms with E-state index in [-0.39, 0.29) is 11.3 Å². The van der Waals surface area contributed by atoms with Gasteiger partial charge in [-0.1, -0.05) is 11.6 Å². The number of aromatic hydroxyl groups is 1. The summed E-state index contributed by atoms with van der Waals surface area (Å²) in [5, 5.41) is 11.1. The van der Waals surface area contributed by atoms with E-state index in [2.05, 4.69) is 9.98 Å². The third kappa shape index (κ3) is 3.99. The average Bonchev–Trinajstić information content (AvgIpc) is 2.64. The number of benzene rings is 2. The van der Waals surface area contributed by atoms with Crippen molar-refractivity contribution >= 4 is 23.0 Å². The molecule has 1 heterocycles. The number of halogens is 1. The maximum atomic E-state index is 12.3. The van der Waals surface area contributed by atoms with Crippen molar-refractivity contribution < 1.29 is 9.84 Å². The Morgan fingerprint density at radius 1 is 1.14 bits per heavy atom. The zero-order chi connectivity index (χ0) is 20.3. The molecule has 0 radical (unpaired) electrons. The van der Waals surface area contributed by atoms with Crippen LogP contribution < -0.4 is 16.0 Å². The van der Waals surface area contributed by atoms with Gasteiger partial charge < -0.3 is 9.84 Å². The van der Waals surface area contributed by atoms with Gasteiger partial charge in [0.15, 0.2) is 0 Å². The van der Waals surface area contributed by atoms with Gasteiger partial charge in [-0.15, -0.1) is 0 Å². The monoisotopic (exact) mass is 399 g/mol. The minimum absolute atomic E-state index is 0.0940. The first-order valence-electron chi connectivity index (χ1n) is 8.53. The molecule has 0 saturated heterocycles. The van der Waals surface area contributed by atoms with E-state index in [1.165, 1.54) is 0 Å². The van der Waals surface area contributed by atoms with Crippen LogP contribution in [0.3, 0.4) is 0 Å². The standard InChI is InChI=1S/C20H18ClN3O4/c1-3-28-16-10-6-14(7-11-16)22-12(2)17-18(25)23-20(27)24(19(17)26)15-8-4-13(21)5-9-15/h4-11,26H,3H2,1-2H3,(H,23,25,27). The highest BCUT2D eigenvalue weighted by atomic mass is 35.5. The van der Waals surface area contributed by atoms with E-state index < -0.39 is 17.1 Å². The number of rotatable bonds is 5. The molecule has 2 aromatic carbocycles. The summed E-state index contributed by atoms with van der Waals surface area (Å²) in [4.78, 5) is 31.1. The lowest BCUT2D eigenvalue weighted by Crippen LogP contribution is -2.32. The summed E-state index contributed by atoms with van der Waals surface area (Å²) in [6.45, 7) is 4.02. The maximum absolute atomic E-state index is 12.3. The number of hydrogen-bond acceptors (Lipinski definition) is 5. The Labute approximate surface area is 165 Å². The van der Waals surface area contributed by atoms with Gasteiger partial charge in [-0.05, 0) is 62.4 Å². The van der Waals surface area contributed by atoms with Crippen molar-refractivity contribution in [2.75, 3.05) is 6.61 Å². The van der Waals surface area contributed by atoms with Crippen LogP contribution in [0.2, 0.25) is 5.02 Å². The highest BCUT2D eigenvalue weighted by Crippen LogP contribution is 2.22. The molecule has 0 unspecified atom stereocenters. The van der Waals surface area contributed by atoms with Gasteiger partial charge >= 0.3 is 5.69 Å². The molecule has 0 aliphatic rings. The molecular weight excluding hydrogens is 382 g/mol. The third-order valence-corrected chi connectivity index (χ3v) is 4.23. The molecule has 8 heteroatoms. The van der Waals surface area contributed by atoms with Crippen LogP contribution in [0, 0.1) is 0 Å². The van der Waals surface area contributed by atoms with Crippen LogP contribution in [0.1, 0.15) is 19.4 Å². The molecule has 0 atom stereocenters. The molecule has 0 fully saturated rings. The Balaban J connectivity index is 2.08. The smallest absolute Gasteiger partial charge is 0.335 e. The van der Waals surface area contributed by atoms with Crippen molar-refractivity contribution in [1.82, 2.24) is 9.55 Å². The fourth-order valence-electron chi connectivity index (χ4n) is 2.71.